The number of rotatable bonds is 3. The molecule has 7 heteroatoms. The van der Waals surface area contributed by atoms with E-state index < -0.39 is 6.10 Å². The Hall–Kier alpha value is -1.60. The first-order chi connectivity index (χ1) is 8.88. The van der Waals surface area contributed by atoms with Crippen molar-refractivity contribution in [1.82, 2.24) is 19.6 Å². The van der Waals surface area contributed by atoms with Crippen molar-refractivity contribution < 1.29 is 9.90 Å². The van der Waals surface area contributed by atoms with Gasteiger partial charge < -0.3 is 20.6 Å². The highest BCUT2D eigenvalue weighted by molar-refractivity contribution is 5.97. The van der Waals surface area contributed by atoms with Crippen LogP contribution in [0.1, 0.15) is 16.9 Å². The number of hydrogen-bond acceptors (Lipinski definition) is 5. The number of carbonyl (C=O) groups is 1. The van der Waals surface area contributed by atoms with Crippen LogP contribution in [0.2, 0.25) is 0 Å². The molecule has 3 N–H and O–H groups in total. The van der Waals surface area contributed by atoms with Gasteiger partial charge in [-0.05, 0) is 20.5 Å². The minimum absolute atomic E-state index is 0.00101. The lowest BCUT2D eigenvalue weighted by molar-refractivity contribution is 0.0693. The molecule has 1 fully saturated rings. The molecule has 0 radical (unpaired) electrons. The van der Waals surface area contributed by atoms with Gasteiger partial charge in [-0.2, -0.15) is 5.10 Å². The molecule has 1 aliphatic rings. The van der Waals surface area contributed by atoms with Gasteiger partial charge in [0.05, 0.1) is 11.8 Å². The Morgan fingerprint density at radius 3 is 2.84 bits per heavy atom. The number of aryl methyl sites for hydroxylation is 1. The number of amides is 1. The Kier molecular flexibility index (Phi) is 3.77. The molecule has 1 amide bonds. The number of nitrogens with zero attached hydrogens (tertiary/aromatic N) is 4. The third-order valence-corrected chi connectivity index (χ3v) is 3.29. The van der Waals surface area contributed by atoms with Gasteiger partial charge in [0, 0.05) is 32.4 Å². The average molecular weight is 267 g/mol. The summed E-state index contributed by atoms with van der Waals surface area (Å²) in [6, 6.07) is -0.00101. The lowest BCUT2D eigenvalue weighted by Gasteiger charge is -2.26. The fraction of sp³-hybridized carbons (Fsp3) is 0.667. The summed E-state index contributed by atoms with van der Waals surface area (Å²) < 4.78 is 1.52. The minimum Gasteiger partial charge on any atom is -0.396 e. The number of hydrogen-bond donors (Lipinski definition) is 2. The van der Waals surface area contributed by atoms with Crippen molar-refractivity contribution in [2.75, 3.05) is 32.9 Å². The fourth-order valence-corrected chi connectivity index (χ4v) is 2.54. The highest BCUT2D eigenvalue weighted by atomic mass is 16.3. The first kappa shape index (κ1) is 13.8. The molecule has 1 aromatic heterocycles. The second-order valence-electron chi connectivity index (χ2n) is 5.37. The van der Waals surface area contributed by atoms with Crippen molar-refractivity contribution in [3.63, 3.8) is 0 Å². The summed E-state index contributed by atoms with van der Waals surface area (Å²) in [5.74, 6) is -0.207. The van der Waals surface area contributed by atoms with Crippen molar-refractivity contribution >= 4 is 11.6 Å². The number of aliphatic hydroxyl groups excluding tert-OH is 1. The first-order valence-corrected chi connectivity index (χ1v) is 6.31. The molecule has 7 nitrogen and oxygen atoms in total. The number of nitrogens with two attached hydrogens (primary N) is 1. The maximum atomic E-state index is 12.5. The summed E-state index contributed by atoms with van der Waals surface area (Å²) in [5.41, 5.74) is 6.42. The number of aromatic nitrogens is 2. The van der Waals surface area contributed by atoms with E-state index in [0.717, 1.165) is 6.54 Å². The van der Waals surface area contributed by atoms with Gasteiger partial charge in [-0.25, -0.2) is 0 Å². The second kappa shape index (κ2) is 5.18. The largest absolute Gasteiger partial charge is 0.396 e. The van der Waals surface area contributed by atoms with Crippen molar-refractivity contribution in [1.29, 1.82) is 0 Å². The van der Waals surface area contributed by atoms with Gasteiger partial charge in [0.15, 0.2) is 5.69 Å². The summed E-state index contributed by atoms with van der Waals surface area (Å²) in [6.45, 7) is 1.06. The molecule has 2 atom stereocenters. The van der Waals surface area contributed by atoms with Crippen molar-refractivity contribution in [3.05, 3.63) is 11.9 Å². The minimum atomic E-state index is -0.473. The van der Waals surface area contributed by atoms with Gasteiger partial charge in [0.2, 0.25) is 0 Å². The van der Waals surface area contributed by atoms with Crippen LogP contribution in [-0.2, 0) is 7.05 Å². The smallest absolute Gasteiger partial charge is 0.276 e. The SMILES string of the molecule is CN(C)CC1CC(O)CN1C(=O)c1nn(C)cc1N. The van der Waals surface area contributed by atoms with Crippen LogP contribution in [0.15, 0.2) is 6.20 Å². The Balaban J connectivity index is 2.19. The summed E-state index contributed by atoms with van der Waals surface area (Å²) in [5, 5.41) is 13.9. The van der Waals surface area contributed by atoms with E-state index in [-0.39, 0.29) is 17.6 Å². The van der Waals surface area contributed by atoms with E-state index in [0.29, 0.717) is 18.7 Å². The lowest BCUT2D eigenvalue weighted by atomic mass is 10.2. The predicted molar refractivity (Wildman–Crippen MR) is 71.6 cm³/mol. The van der Waals surface area contributed by atoms with Crippen molar-refractivity contribution in [3.8, 4) is 0 Å². The van der Waals surface area contributed by atoms with Crippen LogP contribution >= 0.6 is 0 Å². The molecule has 1 aromatic rings. The third-order valence-electron chi connectivity index (χ3n) is 3.29. The topological polar surface area (TPSA) is 87.6 Å². The highest BCUT2D eigenvalue weighted by Crippen LogP contribution is 2.22. The van der Waals surface area contributed by atoms with Crippen LogP contribution in [0.3, 0.4) is 0 Å². The molecule has 1 saturated heterocycles. The summed E-state index contributed by atoms with van der Waals surface area (Å²) in [4.78, 5) is 16.1. The van der Waals surface area contributed by atoms with E-state index in [1.165, 1.54) is 4.68 Å². The van der Waals surface area contributed by atoms with Gasteiger partial charge >= 0.3 is 0 Å². The molecule has 2 heterocycles. The number of anilines is 1. The van der Waals surface area contributed by atoms with Crippen LogP contribution in [-0.4, -0.2) is 69.9 Å². The normalized spacial score (nSPS) is 23.3. The molecular formula is C12H21N5O2. The molecule has 0 spiro atoms. The quantitative estimate of drug-likeness (QED) is 0.744. The summed E-state index contributed by atoms with van der Waals surface area (Å²) in [6.07, 6.45) is 1.73. The second-order valence-corrected chi connectivity index (χ2v) is 5.37. The molecule has 0 saturated carbocycles. The Morgan fingerprint density at radius 2 is 2.32 bits per heavy atom. The molecule has 0 aliphatic carbocycles. The van der Waals surface area contributed by atoms with E-state index in [1.807, 2.05) is 19.0 Å². The molecule has 0 bridgehead atoms. The molecular weight excluding hydrogens is 246 g/mol. The molecule has 106 valence electrons. The van der Waals surface area contributed by atoms with Gasteiger partial charge in [0.25, 0.3) is 5.91 Å². The zero-order valence-electron chi connectivity index (χ0n) is 11.6. The number of aliphatic hydroxyl groups is 1. The number of nitrogen functional groups attached to an aromatic ring is 1. The Morgan fingerprint density at radius 1 is 1.63 bits per heavy atom. The zero-order valence-corrected chi connectivity index (χ0v) is 11.6. The number of β-amino-alcohol motifs (C(OH)–C–C–N with tert-alkyl or cyclic N) is 1. The van der Waals surface area contributed by atoms with E-state index in [2.05, 4.69) is 5.10 Å². The van der Waals surface area contributed by atoms with E-state index in [9.17, 15) is 9.90 Å². The van der Waals surface area contributed by atoms with Crippen LogP contribution in [0.4, 0.5) is 5.69 Å². The molecule has 19 heavy (non-hydrogen) atoms. The summed E-state index contributed by atoms with van der Waals surface area (Å²) >= 11 is 0. The van der Waals surface area contributed by atoms with Gasteiger partial charge in [0.1, 0.15) is 0 Å². The van der Waals surface area contributed by atoms with Gasteiger partial charge in [-0.15, -0.1) is 0 Å². The van der Waals surface area contributed by atoms with Crippen LogP contribution < -0.4 is 5.73 Å². The average Bonchev–Trinajstić information content (AvgIpc) is 2.80. The molecule has 1 aliphatic heterocycles. The van der Waals surface area contributed by atoms with E-state index >= 15 is 0 Å². The zero-order chi connectivity index (χ0) is 14.2. The monoisotopic (exact) mass is 267 g/mol. The molecule has 2 rings (SSSR count). The van der Waals surface area contributed by atoms with E-state index in [1.54, 1.807) is 18.1 Å². The number of carbonyl (C=O) groups excluding carboxylic acids is 1. The van der Waals surface area contributed by atoms with Crippen molar-refractivity contribution in [2.24, 2.45) is 7.05 Å². The third kappa shape index (κ3) is 2.87. The Labute approximate surface area is 112 Å². The number of likely N-dealkylation sites (N-methyl/N-ethyl adjacent to an activating group) is 1. The maximum Gasteiger partial charge on any atom is 0.276 e. The Bertz CT molecular complexity index is 471. The predicted octanol–water partition coefficient (Wildman–Crippen LogP) is -0.861. The van der Waals surface area contributed by atoms with Crippen LogP contribution in [0.25, 0.3) is 0 Å². The number of likely N-dealkylation sites (tertiary alicyclic amines) is 1. The fourth-order valence-electron chi connectivity index (χ4n) is 2.54. The molecule has 0 aromatic carbocycles. The maximum absolute atomic E-state index is 12.5. The molecule has 2 unspecified atom stereocenters. The standard InChI is InChI=1S/C12H21N5O2/c1-15(2)5-8-4-9(18)6-17(8)12(19)11-10(13)7-16(3)14-11/h7-9,18H,4-6,13H2,1-3H3. The lowest BCUT2D eigenvalue weighted by Crippen LogP contribution is -2.41. The van der Waals surface area contributed by atoms with Crippen LogP contribution in [0, 0.1) is 0 Å². The summed E-state index contributed by atoms with van der Waals surface area (Å²) in [7, 11) is 5.62. The van der Waals surface area contributed by atoms with Crippen LogP contribution in [0.5, 0.6) is 0 Å². The van der Waals surface area contributed by atoms with Gasteiger partial charge in [-0.3, -0.25) is 9.48 Å². The highest BCUT2D eigenvalue weighted by Gasteiger charge is 2.36. The van der Waals surface area contributed by atoms with Crippen molar-refractivity contribution in [2.45, 2.75) is 18.6 Å². The van der Waals surface area contributed by atoms with Gasteiger partial charge in [-0.1, -0.05) is 0 Å². The van der Waals surface area contributed by atoms with E-state index in [4.69, 9.17) is 5.73 Å². The first-order valence-electron chi connectivity index (χ1n) is 6.31.